The fourth-order valence-corrected chi connectivity index (χ4v) is 3.54. The van der Waals surface area contributed by atoms with Crippen LogP contribution in [0.5, 0.6) is 0 Å². The lowest BCUT2D eigenvalue weighted by Gasteiger charge is -2.32. The number of hydrogen-bond donors (Lipinski definition) is 2. The quantitative estimate of drug-likeness (QED) is 0.681. The first-order chi connectivity index (χ1) is 12.9. The summed E-state index contributed by atoms with van der Waals surface area (Å²) in [7, 11) is 0. The molecule has 0 aromatic heterocycles. The molecule has 1 aromatic rings. The number of halogens is 1. The number of piperidine rings is 1. The number of carbonyl (C=O) groups is 4. The van der Waals surface area contributed by atoms with E-state index in [0.29, 0.717) is 43.6 Å². The molecule has 4 amide bonds. The van der Waals surface area contributed by atoms with Crippen molar-refractivity contribution in [2.75, 3.05) is 32.7 Å². The molecule has 0 saturated carbocycles. The summed E-state index contributed by atoms with van der Waals surface area (Å²) >= 11 is 0. The average Bonchev–Trinajstić information content (AvgIpc) is 2.90. The number of likely N-dealkylation sites (tertiary alicyclic amines) is 1. The Balaban J connectivity index is 0.00000280. The van der Waals surface area contributed by atoms with Crippen molar-refractivity contribution in [3.63, 3.8) is 0 Å². The molecule has 1 fully saturated rings. The molecule has 2 heterocycles. The fourth-order valence-electron chi connectivity index (χ4n) is 3.54. The first-order valence-corrected chi connectivity index (χ1v) is 9.14. The van der Waals surface area contributed by atoms with Gasteiger partial charge < -0.3 is 16.0 Å². The molecule has 1 atom stereocenters. The summed E-state index contributed by atoms with van der Waals surface area (Å²) in [4.78, 5) is 52.4. The monoisotopic (exact) mass is 408 g/mol. The van der Waals surface area contributed by atoms with E-state index >= 15 is 0 Å². The van der Waals surface area contributed by atoms with Crippen LogP contribution in [0.1, 0.15) is 39.1 Å². The maximum absolute atomic E-state index is 12.7. The number of nitrogens with zero attached hydrogens (tertiary/aromatic N) is 2. The normalized spacial score (nSPS) is 18.6. The predicted molar refractivity (Wildman–Crippen MR) is 105 cm³/mol. The smallest absolute Gasteiger partial charge is 0.262 e. The Morgan fingerprint density at radius 2 is 1.93 bits per heavy atom. The van der Waals surface area contributed by atoms with Crippen LogP contribution in [0.2, 0.25) is 0 Å². The van der Waals surface area contributed by atoms with Crippen LogP contribution in [0.25, 0.3) is 0 Å². The van der Waals surface area contributed by atoms with Gasteiger partial charge in [-0.15, -0.1) is 12.4 Å². The molecule has 0 spiro atoms. The van der Waals surface area contributed by atoms with E-state index in [-0.39, 0.29) is 43.2 Å². The lowest BCUT2D eigenvalue weighted by atomic mass is 9.97. The molecule has 9 heteroatoms. The fraction of sp³-hybridized carbons (Fsp3) is 0.474. The highest BCUT2D eigenvalue weighted by molar-refractivity contribution is 6.22. The molecule has 1 aromatic carbocycles. The highest BCUT2D eigenvalue weighted by Crippen LogP contribution is 2.24. The van der Waals surface area contributed by atoms with Crippen LogP contribution in [-0.2, 0) is 9.59 Å². The number of carbonyl (C=O) groups excluding carboxylic acids is 4. The number of aryl methyl sites for hydroxylation is 1. The Labute approximate surface area is 169 Å². The molecule has 152 valence electrons. The number of amides is 4. The summed E-state index contributed by atoms with van der Waals surface area (Å²) < 4.78 is 0. The van der Waals surface area contributed by atoms with Crippen molar-refractivity contribution in [2.45, 2.75) is 19.8 Å². The van der Waals surface area contributed by atoms with Gasteiger partial charge >= 0.3 is 0 Å². The Morgan fingerprint density at radius 3 is 2.64 bits per heavy atom. The summed E-state index contributed by atoms with van der Waals surface area (Å²) in [5, 5.41) is 2.75. The van der Waals surface area contributed by atoms with E-state index in [2.05, 4.69) is 5.32 Å². The van der Waals surface area contributed by atoms with Crippen LogP contribution in [0.4, 0.5) is 0 Å². The summed E-state index contributed by atoms with van der Waals surface area (Å²) in [6.45, 7) is 3.11. The Hall–Kier alpha value is -2.45. The molecule has 0 radical (unpaired) electrons. The lowest BCUT2D eigenvalue weighted by molar-refractivity contribution is -0.136. The third kappa shape index (κ3) is 4.34. The van der Waals surface area contributed by atoms with Crippen LogP contribution in [0.3, 0.4) is 0 Å². The van der Waals surface area contributed by atoms with Gasteiger partial charge in [0.1, 0.15) is 6.54 Å². The second-order valence-electron chi connectivity index (χ2n) is 7.00. The van der Waals surface area contributed by atoms with Crippen LogP contribution in [-0.4, -0.2) is 66.2 Å². The van der Waals surface area contributed by atoms with Crippen LogP contribution < -0.4 is 11.1 Å². The number of imide groups is 1. The molecule has 1 unspecified atom stereocenters. The van der Waals surface area contributed by atoms with E-state index in [4.69, 9.17) is 5.73 Å². The minimum atomic E-state index is -0.447. The third-order valence-electron chi connectivity index (χ3n) is 5.01. The van der Waals surface area contributed by atoms with Gasteiger partial charge in [0.15, 0.2) is 0 Å². The number of benzene rings is 1. The second-order valence-corrected chi connectivity index (χ2v) is 7.00. The molecular formula is C19H25ClN4O4. The maximum atomic E-state index is 12.7. The second kappa shape index (κ2) is 9.16. The lowest BCUT2D eigenvalue weighted by Crippen LogP contribution is -2.49. The van der Waals surface area contributed by atoms with Crippen molar-refractivity contribution in [1.82, 2.24) is 15.1 Å². The van der Waals surface area contributed by atoms with Crippen molar-refractivity contribution < 1.29 is 19.2 Å². The molecule has 3 N–H and O–H groups in total. The van der Waals surface area contributed by atoms with Crippen molar-refractivity contribution in [1.29, 1.82) is 0 Å². The van der Waals surface area contributed by atoms with Gasteiger partial charge in [0.05, 0.1) is 17.0 Å². The van der Waals surface area contributed by atoms with E-state index in [1.54, 1.807) is 23.1 Å². The van der Waals surface area contributed by atoms with E-state index in [0.717, 1.165) is 10.5 Å². The van der Waals surface area contributed by atoms with Crippen molar-refractivity contribution in [3.05, 3.63) is 34.9 Å². The first-order valence-electron chi connectivity index (χ1n) is 9.14. The van der Waals surface area contributed by atoms with Gasteiger partial charge in [0, 0.05) is 26.2 Å². The standard InChI is InChI=1S/C19H24N4O4.ClH/c1-12-4-5-14-15(9-12)19(27)23(18(14)26)11-16(24)22-8-2-3-13(10-22)17(25)21-7-6-20;/h4-5,9,13H,2-3,6-8,10-11,20H2,1H3,(H,21,25);1H. The largest absolute Gasteiger partial charge is 0.355 e. The van der Waals surface area contributed by atoms with Crippen LogP contribution >= 0.6 is 12.4 Å². The zero-order valence-electron chi connectivity index (χ0n) is 15.8. The SMILES string of the molecule is Cc1ccc2c(c1)C(=O)N(CC(=O)N1CCCC(C(=O)NCCN)C1)C2=O.Cl. The van der Waals surface area contributed by atoms with Crippen molar-refractivity contribution >= 4 is 36.0 Å². The highest BCUT2D eigenvalue weighted by Gasteiger charge is 2.38. The maximum Gasteiger partial charge on any atom is 0.262 e. The molecule has 28 heavy (non-hydrogen) atoms. The molecule has 0 aliphatic carbocycles. The van der Waals surface area contributed by atoms with Crippen LogP contribution in [0, 0.1) is 12.8 Å². The summed E-state index contributed by atoms with van der Waals surface area (Å²) in [6, 6.07) is 5.05. The molecule has 1 saturated heterocycles. The molecule has 3 rings (SSSR count). The predicted octanol–water partition coefficient (Wildman–Crippen LogP) is 0.326. The minimum absolute atomic E-state index is 0. The number of nitrogens with two attached hydrogens (primary N) is 1. The topological polar surface area (TPSA) is 113 Å². The molecule has 2 aliphatic rings. The summed E-state index contributed by atoms with van der Waals surface area (Å²) in [6.07, 6.45) is 1.40. The van der Waals surface area contributed by atoms with E-state index in [1.165, 1.54) is 0 Å². The van der Waals surface area contributed by atoms with Gasteiger partial charge in [-0.3, -0.25) is 24.1 Å². The van der Waals surface area contributed by atoms with Gasteiger partial charge in [0.2, 0.25) is 11.8 Å². The Morgan fingerprint density at radius 1 is 1.21 bits per heavy atom. The molecule has 2 aliphatic heterocycles. The van der Waals surface area contributed by atoms with Crippen molar-refractivity contribution in [3.8, 4) is 0 Å². The van der Waals surface area contributed by atoms with Gasteiger partial charge in [-0.2, -0.15) is 0 Å². The summed E-state index contributed by atoms with van der Waals surface area (Å²) in [5.74, 6) is -1.62. The third-order valence-corrected chi connectivity index (χ3v) is 5.01. The van der Waals surface area contributed by atoms with Gasteiger partial charge in [-0.05, 0) is 31.9 Å². The number of nitrogens with one attached hydrogen (secondary N) is 1. The Kier molecular flexibility index (Phi) is 7.15. The number of fused-ring (bicyclic) bond motifs is 1. The van der Waals surface area contributed by atoms with E-state index < -0.39 is 11.8 Å². The number of rotatable bonds is 5. The Bertz CT molecular complexity index is 798. The zero-order chi connectivity index (χ0) is 19.6. The van der Waals surface area contributed by atoms with E-state index in [1.807, 2.05) is 6.92 Å². The minimum Gasteiger partial charge on any atom is -0.355 e. The molecule has 0 bridgehead atoms. The zero-order valence-corrected chi connectivity index (χ0v) is 16.6. The van der Waals surface area contributed by atoms with Gasteiger partial charge in [-0.1, -0.05) is 11.6 Å². The average molecular weight is 409 g/mol. The summed E-state index contributed by atoms with van der Waals surface area (Å²) in [5.41, 5.74) is 6.94. The van der Waals surface area contributed by atoms with Gasteiger partial charge in [0.25, 0.3) is 11.8 Å². The highest BCUT2D eigenvalue weighted by atomic mass is 35.5. The molecule has 8 nitrogen and oxygen atoms in total. The van der Waals surface area contributed by atoms with Gasteiger partial charge in [-0.25, -0.2) is 0 Å². The number of hydrogen-bond acceptors (Lipinski definition) is 5. The van der Waals surface area contributed by atoms with Crippen molar-refractivity contribution in [2.24, 2.45) is 11.7 Å². The van der Waals surface area contributed by atoms with E-state index in [9.17, 15) is 19.2 Å². The molecular weight excluding hydrogens is 384 g/mol. The van der Waals surface area contributed by atoms with Crippen LogP contribution in [0.15, 0.2) is 18.2 Å². The first kappa shape index (κ1) is 21.8.